The van der Waals surface area contributed by atoms with Crippen molar-refractivity contribution in [3.8, 4) is 0 Å². The van der Waals surface area contributed by atoms with Gasteiger partial charge in [-0.1, -0.05) is 17.8 Å². The zero-order valence-corrected chi connectivity index (χ0v) is 15.5. The van der Waals surface area contributed by atoms with Crippen molar-refractivity contribution >= 4 is 47.0 Å². The maximum atomic E-state index is 12.1. The molecule has 3 rings (SSSR count). The Morgan fingerprint density at radius 2 is 2.32 bits per heavy atom. The van der Waals surface area contributed by atoms with Crippen LogP contribution in [0.3, 0.4) is 0 Å². The van der Waals surface area contributed by atoms with Crippen LogP contribution in [0.15, 0.2) is 34.9 Å². The number of nitrogens with zero attached hydrogens (tertiary/aromatic N) is 4. The Balaban J connectivity index is 1.51. The van der Waals surface area contributed by atoms with Crippen molar-refractivity contribution < 1.29 is 4.79 Å². The largest absolute Gasteiger partial charge is 0.310 e. The molecule has 0 radical (unpaired) electrons. The molecule has 3 heterocycles. The number of thioether (sulfide) groups is 1. The molecule has 0 saturated carbocycles. The van der Waals surface area contributed by atoms with Gasteiger partial charge < -0.3 is 5.32 Å². The zero-order valence-electron chi connectivity index (χ0n) is 13.8. The van der Waals surface area contributed by atoms with Crippen LogP contribution in [-0.4, -0.2) is 36.6 Å². The van der Waals surface area contributed by atoms with E-state index in [1.807, 2.05) is 43.5 Å². The third-order valence-electron chi connectivity index (χ3n) is 3.19. The predicted octanol–water partition coefficient (Wildman–Crippen LogP) is 3.54. The number of hydrogen-bond donors (Lipinski definition) is 2. The first kappa shape index (κ1) is 17.4. The lowest BCUT2D eigenvalue weighted by molar-refractivity contribution is -0.113. The summed E-state index contributed by atoms with van der Waals surface area (Å²) in [4.78, 5) is 17.6. The Hall–Kier alpha value is -2.39. The topological polar surface area (TPSA) is 88.5 Å². The number of H-pyrrole nitrogens is 1. The van der Waals surface area contributed by atoms with E-state index < -0.39 is 0 Å². The van der Waals surface area contributed by atoms with Crippen LogP contribution in [0.4, 0.5) is 5.82 Å². The molecule has 3 aromatic rings. The first-order chi connectivity index (χ1) is 12.1. The highest BCUT2D eigenvalue weighted by atomic mass is 32.2. The number of anilines is 1. The van der Waals surface area contributed by atoms with Gasteiger partial charge in [-0.2, -0.15) is 5.10 Å². The van der Waals surface area contributed by atoms with Crippen LogP contribution in [0.5, 0.6) is 0 Å². The highest BCUT2D eigenvalue weighted by molar-refractivity contribution is 7.99. The van der Waals surface area contributed by atoms with Crippen LogP contribution < -0.4 is 5.32 Å². The van der Waals surface area contributed by atoms with Crippen molar-refractivity contribution in [3.05, 3.63) is 40.5 Å². The molecule has 0 fully saturated rings. The molecule has 7 nitrogen and oxygen atoms in total. The summed E-state index contributed by atoms with van der Waals surface area (Å²) in [5.74, 6) is 1.46. The monoisotopic (exact) mass is 374 g/mol. The van der Waals surface area contributed by atoms with E-state index in [1.54, 1.807) is 28.3 Å². The van der Waals surface area contributed by atoms with Crippen LogP contribution in [-0.2, 0) is 4.79 Å². The van der Waals surface area contributed by atoms with Gasteiger partial charge in [0.2, 0.25) is 11.1 Å². The van der Waals surface area contributed by atoms with Gasteiger partial charge in [0, 0.05) is 17.0 Å². The molecule has 0 saturated heterocycles. The minimum Gasteiger partial charge on any atom is -0.310 e. The first-order valence-electron chi connectivity index (χ1n) is 7.72. The number of rotatable bonds is 7. The molecule has 0 unspecified atom stereocenters. The summed E-state index contributed by atoms with van der Waals surface area (Å²) in [5, 5.41) is 16.6. The van der Waals surface area contributed by atoms with Gasteiger partial charge in [-0.05, 0) is 37.4 Å². The minimum atomic E-state index is -0.118. The van der Waals surface area contributed by atoms with E-state index in [0.717, 1.165) is 4.88 Å². The van der Waals surface area contributed by atoms with Gasteiger partial charge in [0.05, 0.1) is 11.9 Å². The van der Waals surface area contributed by atoms with E-state index in [0.29, 0.717) is 16.8 Å². The Morgan fingerprint density at radius 1 is 1.44 bits per heavy atom. The van der Waals surface area contributed by atoms with Crippen molar-refractivity contribution in [1.82, 2.24) is 25.0 Å². The molecule has 3 aromatic heterocycles. The number of nitrogens with one attached hydrogen (secondary N) is 2. The second-order valence-electron chi connectivity index (χ2n) is 5.44. The van der Waals surface area contributed by atoms with E-state index >= 15 is 0 Å². The molecular formula is C16H18N6OS2. The van der Waals surface area contributed by atoms with E-state index in [-0.39, 0.29) is 17.7 Å². The summed E-state index contributed by atoms with van der Waals surface area (Å²) in [7, 11) is 0. The maximum absolute atomic E-state index is 12.1. The van der Waals surface area contributed by atoms with Gasteiger partial charge in [0.1, 0.15) is 11.6 Å². The summed E-state index contributed by atoms with van der Waals surface area (Å²) in [6.45, 7) is 4.02. The van der Waals surface area contributed by atoms with Crippen molar-refractivity contribution in [1.29, 1.82) is 0 Å². The van der Waals surface area contributed by atoms with Crippen LogP contribution >= 0.6 is 23.1 Å². The number of carbonyl (C=O) groups is 1. The fourth-order valence-corrected chi connectivity index (χ4v) is 3.30. The van der Waals surface area contributed by atoms with Gasteiger partial charge in [0.25, 0.3) is 0 Å². The fourth-order valence-electron chi connectivity index (χ4n) is 2.08. The van der Waals surface area contributed by atoms with E-state index in [9.17, 15) is 4.79 Å². The number of hydrogen-bond acceptors (Lipinski definition) is 6. The Morgan fingerprint density at radius 3 is 3.08 bits per heavy atom. The fraction of sp³-hybridized carbons (Fsp3) is 0.250. The SMILES string of the molecule is CC(C)n1nccc1NC(=O)CSc1n[nH]c(C=Cc2cccs2)n1. The summed E-state index contributed by atoms with van der Waals surface area (Å²) in [5.41, 5.74) is 0. The lowest BCUT2D eigenvalue weighted by atomic mass is 10.4. The van der Waals surface area contributed by atoms with Crippen molar-refractivity contribution in [3.63, 3.8) is 0 Å². The summed E-state index contributed by atoms with van der Waals surface area (Å²) in [6.07, 6.45) is 5.51. The van der Waals surface area contributed by atoms with E-state index in [2.05, 4.69) is 25.6 Å². The van der Waals surface area contributed by atoms with Crippen LogP contribution in [0.25, 0.3) is 12.2 Å². The van der Waals surface area contributed by atoms with E-state index in [1.165, 1.54) is 11.8 Å². The molecule has 0 aliphatic rings. The van der Waals surface area contributed by atoms with Crippen molar-refractivity contribution in [2.75, 3.05) is 11.1 Å². The summed E-state index contributed by atoms with van der Waals surface area (Å²) in [6, 6.07) is 5.99. The number of aromatic nitrogens is 5. The van der Waals surface area contributed by atoms with Crippen molar-refractivity contribution in [2.24, 2.45) is 0 Å². The molecule has 0 spiro atoms. The lowest BCUT2D eigenvalue weighted by Gasteiger charge is -2.11. The maximum Gasteiger partial charge on any atom is 0.235 e. The highest BCUT2D eigenvalue weighted by Gasteiger charge is 2.11. The lowest BCUT2D eigenvalue weighted by Crippen LogP contribution is -2.18. The smallest absolute Gasteiger partial charge is 0.235 e. The standard InChI is InChI=1S/C16H18N6OS2/c1-11(2)22-14(7-8-17-22)19-15(23)10-25-16-18-13(20-21-16)6-5-12-4-3-9-24-12/h3-9,11H,10H2,1-2H3,(H,19,23)(H,18,20,21). The molecule has 25 heavy (non-hydrogen) atoms. The summed E-state index contributed by atoms with van der Waals surface area (Å²) < 4.78 is 1.77. The molecule has 1 amide bonds. The summed E-state index contributed by atoms with van der Waals surface area (Å²) >= 11 is 2.94. The molecule has 0 aromatic carbocycles. The Kier molecular flexibility index (Phi) is 5.67. The van der Waals surface area contributed by atoms with Crippen LogP contribution in [0.1, 0.15) is 30.6 Å². The van der Waals surface area contributed by atoms with Crippen LogP contribution in [0.2, 0.25) is 0 Å². The average Bonchev–Trinajstić information content (AvgIpc) is 3.32. The number of thiophene rings is 1. The average molecular weight is 374 g/mol. The molecular weight excluding hydrogens is 356 g/mol. The predicted molar refractivity (Wildman–Crippen MR) is 102 cm³/mol. The minimum absolute atomic E-state index is 0.118. The number of aromatic amines is 1. The molecule has 130 valence electrons. The van der Waals surface area contributed by atoms with Gasteiger partial charge in [-0.25, -0.2) is 9.67 Å². The van der Waals surface area contributed by atoms with E-state index in [4.69, 9.17) is 0 Å². The normalized spacial score (nSPS) is 11.5. The first-order valence-corrected chi connectivity index (χ1v) is 9.58. The van der Waals surface area contributed by atoms with Crippen molar-refractivity contribution in [2.45, 2.75) is 25.0 Å². The Labute approximate surface area is 153 Å². The zero-order chi connectivity index (χ0) is 17.6. The van der Waals surface area contributed by atoms with Crippen LogP contribution in [0, 0.1) is 0 Å². The number of amides is 1. The molecule has 0 aliphatic carbocycles. The quantitative estimate of drug-likeness (QED) is 0.618. The number of carbonyl (C=O) groups excluding carboxylic acids is 1. The second kappa shape index (κ2) is 8.13. The molecule has 0 aliphatic heterocycles. The Bertz CT molecular complexity index is 850. The van der Waals surface area contributed by atoms with Gasteiger partial charge >= 0.3 is 0 Å². The van der Waals surface area contributed by atoms with Gasteiger partial charge in [0.15, 0.2) is 0 Å². The molecule has 0 bridgehead atoms. The third-order valence-corrected chi connectivity index (χ3v) is 4.87. The van der Waals surface area contributed by atoms with Gasteiger partial charge in [-0.15, -0.1) is 16.4 Å². The second-order valence-corrected chi connectivity index (χ2v) is 7.37. The highest BCUT2D eigenvalue weighted by Crippen LogP contribution is 2.17. The third kappa shape index (κ3) is 4.80. The molecule has 2 N–H and O–H groups in total. The van der Waals surface area contributed by atoms with Gasteiger partial charge in [-0.3, -0.25) is 9.89 Å². The molecule has 9 heteroatoms. The molecule has 0 atom stereocenters.